The summed E-state index contributed by atoms with van der Waals surface area (Å²) in [7, 11) is 0. The van der Waals surface area contributed by atoms with Crippen LogP contribution in [0.2, 0.25) is 0 Å². The van der Waals surface area contributed by atoms with Gasteiger partial charge in [-0.05, 0) is 91.3 Å². The van der Waals surface area contributed by atoms with E-state index in [1.807, 2.05) is 19.1 Å². The van der Waals surface area contributed by atoms with E-state index in [9.17, 15) is 13.6 Å². The number of halogens is 2. The lowest BCUT2D eigenvalue weighted by Crippen LogP contribution is -2.45. The molecule has 0 aliphatic heterocycles. The Morgan fingerprint density at radius 2 is 1.84 bits per heavy atom. The van der Waals surface area contributed by atoms with Crippen molar-refractivity contribution in [2.75, 3.05) is 0 Å². The molecule has 0 radical (unpaired) electrons. The smallest absolute Gasteiger partial charge is 0.306 e. The van der Waals surface area contributed by atoms with E-state index in [-0.39, 0.29) is 23.6 Å². The summed E-state index contributed by atoms with van der Waals surface area (Å²) in [6.07, 6.45) is 3.27. The molecular formula is C29H25F2N3O3. The number of aryl methyl sites for hydroxylation is 2. The molecular weight excluding hydrogens is 476 g/mol. The number of rotatable bonds is 6. The number of hydrogen-bond acceptors (Lipinski definition) is 5. The Bertz CT molecular complexity index is 1510. The van der Waals surface area contributed by atoms with Crippen LogP contribution in [0, 0.1) is 24.5 Å². The zero-order valence-corrected chi connectivity index (χ0v) is 20.2. The van der Waals surface area contributed by atoms with Gasteiger partial charge in [0.15, 0.2) is 0 Å². The van der Waals surface area contributed by atoms with E-state index < -0.39 is 17.6 Å². The third kappa shape index (κ3) is 4.42. The highest BCUT2D eigenvalue weighted by Gasteiger charge is 2.36. The summed E-state index contributed by atoms with van der Waals surface area (Å²) >= 11 is 0. The van der Waals surface area contributed by atoms with Crippen molar-refractivity contribution in [3.63, 3.8) is 0 Å². The van der Waals surface area contributed by atoms with Crippen LogP contribution < -0.4 is 5.32 Å². The number of aliphatic carboxylic acids is 1. The fraction of sp³-hybridized carbons (Fsp3) is 0.276. The summed E-state index contributed by atoms with van der Waals surface area (Å²) < 4.78 is 33.5. The molecule has 6 rings (SSSR count). The van der Waals surface area contributed by atoms with Crippen LogP contribution in [0.4, 0.5) is 8.78 Å². The second kappa shape index (κ2) is 9.19. The Kier molecular flexibility index (Phi) is 5.83. The third-order valence-corrected chi connectivity index (χ3v) is 7.52. The Hall–Kier alpha value is -3.91. The Morgan fingerprint density at radius 1 is 1.03 bits per heavy atom. The Balaban J connectivity index is 1.19. The average Bonchev–Trinajstić information content (AvgIpc) is 3.50. The number of benzene rings is 3. The van der Waals surface area contributed by atoms with Crippen molar-refractivity contribution < 1.29 is 23.2 Å². The molecule has 2 aliphatic rings. The van der Waals surface area contributed by atoms with E-state index in [4.69, 9.17) is 9.63 Å². The fourth-order valence-corrected chi connectivity index (χ4v) is 5.43. The molecule has 1 saturated carbocycles. The largest absolute Gasteiger partial charge is 0.481 e. The van der Waals surface area contributed by atoms with Gasteiger partial charge in [0, 0.05) is 28.8 Å². The van der Waals surface area contributed by atoms with Crippen LogP contribution in [0.5, 0.6) is 0 Å². The summed E-state index contributed by atoms with van der Waals surface area (Å²) in [5.74, 6) is -1.08. The van der Waals surface area contributed by atoms with Gasteiger partial charge in [0.1, 0.15) is 11.6 Å². The number of nitrogens with one attached hydrogen (secondary N) is 1. The molecule has 2 aliphatic carbocycles. The van der Waals surface area contributed by atoms with Gasteiger partial charge in [-0.25, -0.2) is 8.78 Å². The normalized spacial score (nSPS) is 20.5. The zero-order valence-electron chi connectivity index (χ0n) is 20.2. The topological polar surface area (TPSA) is 88.2 Å². The first-order chi connectivity index (χ1) is 17.9. The first-order valence-corrected chi connectivity index (χ1v) is 12.4. The van der Waals surface area contributed by atoms with Crippen molar-refractivity contribution in [2.24, 2.45) is 5.92 Å². The highest BCUT2D eigenvalue weighted by atomic mass is 19.1. The van der Waals surface area contributed by atoms with Crippen LogP contribution >= 0.6 is 0 Å². The summed E-state index contributed by atoms with van der Waals surface area (Å²) in [5.41, 5.74) is 5.60. The molecule has 6 nitrogen and oxygen atoms in total. The molecule has 1 aromatic heterocycles. The molecule has 2 N–H and O–H groups in total. The quantitative estimate of drug-likeness (QED) is 0.332. The number of hydrogen-bond donors (Lipinski definition) is 2. The summed E-state index contributed by atoms with van der Waals surface area (Å²) in [5, 5.41) is 16.9. The van der Waals surface area contributed by atoms with Crippen LogP contribution in [-0.2, 0) is 11.2 Å². The van der Waals surface area contributed by atoms with Crippen molar-refractivity contribution in [1.82, 2.24) is 15.5 Å². The molecule has 0 spiro atoms. The minimum Gasteiger partial charge on any atom is -0.481 e. The lowest BCUT2D eigenvalue weighted by Gasteiger charge is -2.35. The summed E-state index contributed by atoms with van der Waals surface area (Å²) in [4.78, 5) is 15.7. The molecule has 3 aromatic carbocycles. The molecule has 1 unspecified atom stereocenters. The second-order valence-electron chi connectivity index (χ2n) is 9.95. The van der Waals surface area contributed by atoms with Crippen LogP contribution in [0.3, 0.4) is 0 Å². The van der Waals surface area contributed by atoms with Gasteiger partial charge in [0.05, 0.1) is 5.92 Å². The molecule has 188 valence electrons. The zero-order chi connectivity index (χ0) is 25.7. The predicted molar refractivity (Wildman–Crippen MR) is 134 cm³/mol. The molecule has 4 aromatic rings. The average molecular weight is 502 g/mol. The molecule has 0 bridgehead atoms. The van der Waals surface area contributed by atoms with Crippen LogP contribution in [0.1, 0.15) is 42.0 Å². The maximum Gasteiger partial charge on any atom is 0.306 e. The molecule has 1 fully saturated rings. The van der Waals surface area contributed by atoms with Crippen molar-refractivity contribution in [3.8, 4) is 34.0 Å². The number of carboxylic acids is 1. The van der Waals surface area contributed by atoms with Gasteiger partial charge in [0.25, 0.3) is 5.89 Å². The maximum absolute atomic E-state index is 14.3. The van der Waals surface area contributed by atoms with Gasteiger partial charge < -0.3 is 14.9 Å². The number of aromatic nitrogens is 2. The first kappa shape index (κ1) is 23.5. The van der Waals surface area contributed by atoms with Gasteiger partial charge in [-0.1, -0.05) is 23.4 Å². The van der Waals surface area contributed by atoms with Gasteiger partial charge in [0.2, 0.25) is 5.82 Å². The molecule has 37 heavy (non-hydrogen) atoms. The van der Waals surface area contributed by atoms with Crippen LogP contribution in [-0.4, -0.2) is 27.3 Å². The van der Waals surface area contributed by atoms with E-state index in [0.29, 0.717) is 35.7 Å². The van der Waals surface area contributed by atoms with Crippen molar-refractivity contribution in [3.05, 3.63) is 82.9 Å². The van der Waals surface area contributed by atoms with E-state index >= 15 is 0 Å². The van der Waals surface area contributed by atoms with Crippen molar-refractivity contribution >= 4 is 5.97 Å². The number of carboxylic acid groups (broad SMARTS) is 1. The lowest BCUT2D eigenvalue weighted by atomic mass is 9.80. The van der Waals surface area contributed by atoms with Gasteiger partial charge in [-0.3, -0.25) is 4.79 Å². The summed E-state index contributed by atoms with van der Waals surface area (Å²) in [6.45, 7) is 1.83. The Labute approximate surface area is 212 Å². The van der Waals surface area contributed by atoms with E-state index in [1.165, 1.54) is 17.2 Å². The molecule has 8 heteroatoms. The van der Waals surface area contributed by atoms with Crippen LogP contribution in [0.25, 0.3) is 34.0 Å². The fourth-order valence-electron chi connectivity index (χ4n) is 5.43. The van der Waals surface area contributed by atoms with Crippen molar-refractivity contribution in [2.45, 2.75) is 44.7 Å². The predicted octanol–water partition coefficient (Wildman–Crippen LogP) is 6.10. The van der Waals surface area contributed by atoms with Gasteiger partial charge in [-0.2, -0.15) is 4.98 Å². The number of fused-ring (bicyclic) bond motifs is 1. The number of nitrogens with zero attached hydrogens (tertiary/aromatic N) is 2. The molecule has 1 atom stereocenters. The van der Waals surface area contributed by atoms with Gasteiger partial charge >= 0.3 is 5.97 Å². The van der Waals surface area contributed by atoms with E-state index in [0.717, 1.165) is 36.1 Å². The maximum atomic E-state index is 14.3. The second-order valence-corrected chi connectivity index (χ2v) is 9.95. The van der Waals surface area contributed by atoms with Crippen LogP contribution in [0.15, 0.2) is 59.1 Å². The molecule has 0 amide bonds. The SMILES string of the molecule is Cc1cc(-c2nc(-c3ccc4c(c3)CCC4N[C@H]3C[C@H](C(=O)O)C3)no2)ccc1-c1cc(F)ccc1F. The third-order valence-electron chi connectivity index (χ3n) is 7.52. The highest BCUT2D eigenvalue weighted by Crippen LogP contribution is 2.37. The molecule has 0 saturated heterocycles. The van der Waals surface area contributed by atoms with Crippen molar-refractivity contribution in [1.29, 1.82) is 0 Å². The lowest BCUT2D eigenvalue weighted by molar-refractivity contribution is -0.145. The van der Waals surface area contributed by atoms with Gasteiger partial charge in [-0.15, -0.1) is 0 Å². The minimum atomic E-state index is -0.708. The van der Waals surface area contributed by atoms with E-state index in [2.05, 4.69) is 27.6 Å². The molecule has 1 heterocycles. The summed E-state index contributed by atoms with van der Waals surface area (Å²) in [6, 6.07) is 15.4. The van der Waals surface area contributed by atoms with E-state index in [1.54, 1.807) is 12.1 Å². The highest BCUT2D eigenvalue weighted by molar-refractivity contribution is 5.72. The first-order valence-electron chi connectivity index (χ1n) is 12.4. The standard InChI is InChI=1S/C29H25F2N3O3/c1-15-10-18(3-6-22(15)24-14-20(30)5-8-25(24)31)28-33-27(34-37-28)17-2-7-23-16(11-17)4-9-26(23)32-21-12-19(13-21)29(35)36/h2-3,5-8,10-11,14,19,21,26,32H,4,9,12-13H2,1H3,(H,35,36)/t19-,21-,26?. The monoisotopic (exact) mass is 501 g/mol. The minimum absolute atomic E-state index is 0.209. The number of carbonyl (C=O) groups is 1. The Morgan fingerprint density at radius 3 is 2.62 bits per heavy atom.